The molecule has 0 aliphatic heterocycles. The summed E-state index contributed by atoms with van der Waals surface area (Å²) in [5.74, 6) is -3.65. The molecule has 0 aromatic heterocycles. The van der Waals surface area contributed by atoms with Gasteiger partial charge in [0.1, 0.15) is 17.2 Å². The highest BCUT2D eigenvalue weighted by atomic mass is 19.3. The number of halogens is 2. The largest absolute Gasteiger partial charge is 0.458 e. The van der Waals surface area contributed by atoms with Gasteiger partial charge in [-0.05, 0) is 48.0 Å². The Balaban J connectivity index is 4.93. The van der Waals surface area contributed by atoms with Gasteiger partial charge in [-0.25, -0.2) is 18.4 Å². The van der Waals surface area contributed by atoms with Crippen LogP contribution in [-0.4, -0.2) is 35.2 Å². The number of ether oxygens (including phenoxy) is 2. The fourth-order valence-electron chi connectivity index (χ4n) is 1.60. The molecular formula is C16H29F2NO4. The van der Waals surface area contributed by atoms with Crippen LogP contribution in [0.3, 0.4) is 0 Å². The molecule has 0 fully saturated rings. The maximum Gasteiger partial charge on any atom is 0.408 e. The molecule has 0 aliphatic carbocycles. The molecular weight excluding hydrogens is 308 g/mol. The Labute approximate surface area is 137 Å². The minimum absolute atomic E-state index is 0.227. The van der Waals surface area contributed by atoms with Crippen molar-refractivity contribution in [3.05, 3.63) is 0 Å². The number of hydrogen-bond acceptors (Lipinski definition) is 4. The van der Waals surface area contributed by atoms with E-state index < -0.39 is 41.6 Å². The van der Waals surface area contributed by atoms with Gasteiger partial charge < -0.3 is 14.8 Å². The van der Waals surface area contributed by atoms with E-state index in [0.717, 1.165) is 0 Å². The minimum atomic E-state index is -2.89. The zero-order valence-electron chi connectivity index (χ0n) is 15.1. The van der Waals surface area contributed by atoms with Gasteiger partial charge in [0.05, 0.1) is 0 Å². The fourth-order valence-corrected chi connectivity index (χ4v) is 1.60. The Morgan fingerprint density at radius 2 is 1.48 bits per heavy atom. The van der Waals surface area contributed by atoms with Crippen LogP contribution in [-0.2, 0) is 14.3 Å². The molecule has 0 saturated carbocycles. The van der Waals surface area contributed by atoms with E-state index in [2.05, 4.69) is 5.32 Å². The lowest BCUT2D eigenvalue weighted by Gasteiger charge is -2.27. The quantitative estimate of drug-likeness (QED) is 0.743. The van der Waals surface area contributed by atoms with Crippen LogP contribution < -0.4 is 5.32 Å². The molecule has 0 spiro atoms. The van der Waals surface area contributed by atoms with E-state index >= 15 is 0 Å². The molecule has 0 heterocycles. The Kier molecular flexibility index (Phi) is 7.44. The maximum atomic E-state index is 13.4. The van der Waals surface area contributed by atoms with Crippen molar-refractivity contribution in [3.8, 4) is 0 Å². The molecule has 0 unspecified atom stereocenters. The van der Waals surface area contributed by atoms with E-state index in [9.17, 15) is 18.4 Å². The van der Waals surface area contributed by atoms with Gasteiger partial charge in [0, 0.05) is 12.8 Å². The number of carbonyl (C=O) groups excluding carboxylic acids is 2. The smallest absolute Gasteiger partial charge is 0.408 e. The molecule has 1 amide bonds. The first kappa shape index (κ1) is 21.6. The van der Waals surface area contributed by atoms with Crippen molar-refractivity contribution >= 4 is 12.1 Å². The van der Waals surface area contributed by atoms with Crippen molar-refractivity contribution in [1.29, 1.82) is 0 Å². The van der Waals surface area contributed by atoms with Gasteiger partial charge in [0.15, 0.2) is 0 Å². The first-order chi connectivity index (χ1) is 10.2. The molecule has 0 aromatic carbocycles. The molecule has 7 heteroatoms. The van der Waals surface area contributed by atoms with Gasteiger partial charge in [-0.3, -0.25) is 0 Å². The lowest BCUT2D eigenvalue weighted by Crippen LogP contribution is -2.46. The molecule has 0 saturated heterocycles. The van der Waals surface area contributed by atoms with Gasteiger partial charge in [-0.2, -0.15) is 0 Å². The standard InChI is InChI=1S/C16H29F2NO4/c1-8-16(17,18)10-9-11(12(20)22-14(2,3)4)19-13(21)23-15(5,6)7/h11H,8-10H2,1-7H3,(H,19,21)/t11-/m0/s1. The highest BCUT2D eigenvalue weighted by Gasteiger charge is 2.33. The number of alkyl carbamates (subject to hydrolysis) is 1. The molecule has 1 atom stereocenters. The fraction of sp³-hybridized carbons (Fsp3) is 0.875. The topological polar surface area (TPSA) is 64.6 Å². The van der Waals surface area contributed by atoms with Gasteiger partial charge in [-0.1, -0.05) is 6.92 Å². The molecule has 0 aromatic rings. The van der Waals surface area contributed by atoms with Gasteiger partial charge >= 0.3 is 12.1 Å². The Morgan fingerprint density at radius 3 is 1.87 bits per heavy atom. The van der Waals surface area contributed by atoms with E-state index in [-0.39, 0.29) is 12.8 Å². The van der Waals surface area contributed by atoms with Gasteiger partial charge in [0.25, 0.3) is 0 Å². The molecule has 0 rings (SSSR count). The molecule has 1 N–H and O–H groups in total. The number of esters is 1. The number of amides is 1. The van der Waals surface area contributed by atoms with Crippen molar-refractivity contribution in [1.82, 2.24) is 5.32 Å². The Bertz CT molecular complexity index is 411. The third-order valence-corrected chi connectivity index (χ3v) is 2.70. The first-order valence-electron chi connectivity index (χ1n) is 7.75. The number of hydrogen-bond donors (Lipinski definition) is 1. The average Bonchev–Trinajstić information content (AvgIpc) is 2.30. The van der Waals surface area contributed by atoms with Crippen LogP contribution in [0.1, 0.15) is 67.7 Å². The van der Waals surface area contributed by atoms with Crippen LogP contribution in [0.15, 0.2) is 0 Å². The summed E-state index contributed by atoms with van der Waals surface area (Å²) in [6.07, 6.45) is -1.92. The van der Waals surface area contributed by atoms with E-state index in [4.69, 9.17) is 9.47 Å². The van der Waals surface area contributed by atoms with Crippen molar-refractivity contribution in [2.24, 2.45) is 0 Å². The molecule has 23 heavy (non-hydrogen) atoms. The highest BCUT2D eigenvalue weighted by molar-refractivity contribution is 5.81. The molecule has 5 nitrogen and oxygen atoms in total. The van der Waals surface area contributed by atoms with Crippen molar-refractivity contribution in [2.45, 2.75) is 90.9 Å². The Hall–Kier alpha value is -1.40. The number of nitrogens with one attached hydrogen (secondary N) is 1. The van der Waals surface area contributed by atoms with Crippen molar-refractivity contribution < 1.29 is 27.8 Å². The molecule has 0 bridgehead atoms. The SMILES string of the molecule is CCC(F)(F)CC[C@H](NC(=O)OC(C)(C)C)C(=O)OC(C)(C)C. The van der Waals surface area contributed by atoms with Gasteiger partial charge in [-0.15, -0.1) is 0 Å². The average molecular weight is 337 g/mol. The zero-order chi connectivity index (χ0) is 18.5. The number of carbonyl (C=O) groups is 2. The highest BCUT2D eigenvalue weighted by Crippen LogP contribution is 2.25. The minimum Gasteiger partial charge on any atom is -0.458 e. The van der Waals surface area contributed by atoms with Crippen LogP contribution in [0.4, 0.5) is 13.6 Å². The summed E-state index contributed by atoms with van der Waals surface area (Å²) < 4.78 is 37.1. The van der Waals surface area contributed by atoms with E-state index in [1.165, 1.54) is 6.92 Å². The first-order valence-corrected chi connectivity index (χ1v) is 7.75. The second kappa shape index (κ2) is 7.93. The second-order valence-corrected chi connectivity index (χ2v) is 7.48. The van der Waals surface area contributed by atoms with Crippen molar-refractivity contribution in [3.63, 3.8) is 0 Å². The third kappa shape index (κ3) is 10.9. The summed E-state index contributed by atoms with van der Waals surface area (Å²) in [7, 11) is 0. The molecule has 0 radical (unpaired) electrons. The van der Waals surface area contributed by atoms with E-state index in [0.29, 0.717) is 0 Å². The summed E-state index contributed by atoms with van der Waals surface area (Å²) in [6.45, 7) is 11.4. The summed E-state index contributed by atoms with van der Waals surface area (Å²) in [6, 6.07) is -1.18. The number of rotatable bonds is 6. The summed E-state index contributed by atoms with van der Waals surface area (Å²) in [5, 5.41) is 2.32. The third-order valence-electron chi connectivity index (χ3n) is 2.70. The monoisotopic (exact) mass is 337 g/mol. The predicted molar refractivity (Wildman–Crippen MR) is 83.5 cm³/mol. The lowest BCUT2D eigenvalue weighted by atomic mass is 10.1. The van der Waals surface area contributed by atoms with Crippen molar-refractivity contribution in [2.75, 3.05) is 0 Å². The normalized spacial score (nSPS) is 14.1. The van der Waals surface area contributed by atoms with Gasteiger partial charge in [0.2, 0.25) is 5.92 Å². The van der Waals surface area contributed by atoms with Crippen LogP contribution in [0.5, 0.6) is 0 Å². The van der Waals surface area contributed by atoms with Crippen LogP contribution in [0.2, 0.25) is 0 Å². The molecule has 0 aliphatic rings. The molecule has 136 valence electrons. The summed E-state index contributed by atoms with van der Waals surface area (Å²) in [4.78, 5) is 23.9. The number of alkyl halides is 2. The zero-order valence-corrected chi connectivity index (χ0v) is 15.1. The van der Waals surface area contributed by atoms with E-state index in [1.54, 1.807) is 41.5 Å². The van der Waals surface area contributed by atoms with Crippen LogP contribution in [0, 0.1) is 0 Å². The van der Waals surface area contributed by atoms with Crippen LogP contribution >= 0.6 is 0 Å². The Morgan fingerprint density at radius 1 is 1.00 bits per heavy atom. The maximum absolute atomic E-state index is 13.4. The van der Waals surface area contributed by atoms with E-state index in [1.807, 2.05) is 0 Å². The van der Waals surface area contributed by atoms with Crippen LogP contribution in [0.25, 0.3) is 0 Å². The summed E-state index contributed by atoms with van der Waals surface area (Å²) in [5.41, 5.74) is -1.53. The summed E-state index contributed by atoms with van der Waals surface area (Å²) >= 11 is 0. The second-order valence-electron chi connectivity index (χ2n) is 7.48. The lowest BCUT2D eigenvalue weighted by molar-refractivity contribution is -0.158. The predicted octanol–water partition coefficient (Wildman–Crippen LogP) is 4.05.